The van der Waals surface area contributed by atoms with Gasteiger partial charge in [-0.1, -0.05) is 0 Å². The second-order valence-corrected chi connectivity index (χ2v) is 13.3. The van der Waals surface area contributed by atoms with Gasteiger partial charge in [0, 0.05) is 0 Å². The summed E-state index contributed by atoms with van der Waals surface area (Å²) in [6.45, 7) is 14.8. The molecule has 0 spiro atoms. The zero-order valence-electron chi connectivity index (χ0n) is 16.8. The molecule has 1 heterocycles. The van der Waals surface area contributed by atoms with Crippen molar-refractivity contribution in [2.75, 3.05) is 7.11 Å². The van der Waals surface area contributed by atoms with E-state index in [1.807, 2.05) is 33.5 Å². The Bertz CT molecular complexity index is 546. The van der Waals surface area contributed by atoms with E-state index in [2.05, 4.69) is 0 Å². The van der Waals surface area contributed by atoms with Crippen molar-refractivity contribution in [2.45, 2.75) is 77.9 Å². The predicted molar refractivity (Wildman–Crippen MR) is 95.5 cm³/mol. The Morgan fingerprint density at radius 3 is 2.04 bits per heavy atom. The molecule has 0 N–H and O–H groups in total. The van der Waals surface area contributed by atoms with Crippen LogP contribution in [0.5, 0.6) is 0 Å². The minimum absolute atomic E-state index is 0.155. The van der Waals surface area contributed by atoms with Crippen LogP contribution in [0.2, 0.25) is 19.6 Å². The molecule has 0 unspecified atom stereocenters. The Morgan fingerprint density at radius 1 is 1.12 bits per heavy atom. The molecule has 0 aromatic carbocycles. The van der Waals surface area contributed by atoms with E-state index in [-0.39, 0.29) is 6.42 Å². The number of hydrogen-bond donors (Lipinski definition) is 0. The van der Waals surface area contributed by atoms with Crippen molar-refractivity contribution in [3.63, 3.8) is 0 Å². The highest BCUT2D eigenvalue weighted by Gasteiger charge is 2.54. The average Bonchev–Trinajstić information content (AvgIpc) is 2.71. The van der Waals surface area contributed by atoms with Crippen LogP contribution in [0.15, 0.2) is 0 Å². The molecule has 8 heteroatoms. The maximum Gasteiger partial charge on any atom is 0.417 e. The minimum Gasteiger partial charge on any atom is -0.467 e. The number of ether oxygens (including phenoxy) is 2. The topological polar surface area (TPSA) is 82.1 Å². The molecule has 0 bridgehead atoms. The zero-order chi connectivity index (χ0) is 19.8. The molecule has 0 aromatic rings. The fraction of sp³-hybridized carbons (Fsp3) is 0.824. The summed E-state index contributed by atoms with van der Waals surface area (Å²) in [5.41, 5.74) is -1.58. The van der Waals surface area contributed by atoms with Gasteiger partial charge in [-0.15, -0.1) is 0 Å². The molecular formula is C17H31NO6Si. The van der Waals surface area contributed by atoms with Crippen LogP contribution < -0.4 is 0 Å². The van der Waals surface area contributed by atoms with E-state index in [4.69, 9.17) is 13.9 Å². The van der Waals surface area contributed by atoms with Gasteiger partial charge in [-0.25, -0.2) is 14.5 Å². The van der Waals surface area contributed by atoms with Crippen LogP contribution in [0.3, 0.4) is 0 Å². The van der Waals surface area contributed by atoms with Crippen molar-refractivity contribution in [2.24, 2.45) is 5.92 Å². The summed E-state index contributed by atoms with van der Waals surface area (Å²) in [5.74, 6) is -1.73. The van der Waals surface area contributed by atoms with Crippen LogP contribution in [-0.4, -0.2) is 55.5 Å². The first kappa shape index (κ1) is 21.6. The molecule has 0 aromatic heterocycles. The van der Waals surface area contributed by atoms with E-state index < -0.39 is 49.4 Å². The van der Waals surface area contributed by atoms with Crippen molar-refractivity contribution in [1.82, 2.24) is 4.90 Å². The van der Waals surface area contributed by atoms with E-state index in [0.717, 1.165) is 4.90 Å². The number of carbonyl (C=O) groups excluding carboxylic acids is 3. The standard InChI is InChI=1S/C17H31NO6Si/c1-16(2,3)23-15(21)18-12(14(20)22-6)10-11(13(18)19)17(4,5)24-25(7,8)9/h11-12H,10H2,1-9H3/t11-,12+/m1/s1. The lowest BCUT2D eigenvalue weighted by molar-refractivity contribution is -0.149. The lowest BCUT2D eigenvalue weighted by Crippen LogP contribution is -2.49. The van der Waals surface area contributed by atoms with Gasteiger partial charge in [0.05, 0.1) is 18.6 Å². The summed E-state index contributed by atoms with van der Waals surface area (Å²) in [7, 11) is -0.705. The van der Waals surface area contributed by atoms with E-state index in [9.17, 15) is 14.4 Å². The number of hydrogen-bond acceptors (Lipinski definition) is 6. The largest absolute Gasteiger partial charge is 0.467 e. The monoisotopic (exact) mass is 373 g/mol. The van der Waals surface area contributed by atoms with E-state index in [1.165, 1.54) is 7.11 Å². The number of rotatable bonds is 4. The highest BCUT2D eigenvalue weighted by molar-refractivity contribution is 6.69. The second kappa shape index (κ2) is 7.07. The third kappa shape index (κ3) is 5.54. The highest BCUT2D eigenvalue weighted by Crippen LogP contribution is 2.37. The van der Waals surface area contributed by atoms with Crippen LogP contribution in [0, 0.1) is 5.92 Å². The van der Waals surface area contributed by atoms with E-state index in [1.54, 1.807) is 20.8 Å². The second-order valence-electron chi connectivity index (χ2n) is 8.83. The van der Waals surface area contributed by atoms with Gasteiger partial charge in [-0.05, 0) is 60.7 Å². The van der Waals surface area contributed by atoms with Gasteiger partial charge in [0.25, 0.3) is 0 Å². The molecule has 144 valence electrons. The number of imide groups is 1. The normalized spacial score (nSPS) is 22.1. The number of methoxy groups -OCH3 is 1. The highest BCUT2D eigenvalue weighted by atomic mass is 28.4. The summed E-state index contributed by atoms with van der Waals surface area (Å²) in [6.07, 6.45) is -0.679. The van der Waals surface area contributed by atoms with Gasteiger partial charge in [0.2, 0.25) is 5.91 Å². The molecule has 7 nitrogen and oxygen atoms in total. The van der Waals surface area contributed by atoms with Crippen LogP contribution in [0.1, 0.15) is 41.0 Å². The lowest BCUT2D eigenvalue weighted by atomic mass is 9.88. The van der Waals surface area contributed by atoms with E-state index >= 15 is 0 Å². The van der Waals surface area contributed by atoms with Crippen LogP contribution in [-0.2, 0) is 23.5 Å². The molecule has 1 rings (SSSR count). The molecule has 1 fully saturated rings. The van der Waals surface area contributed by atoms with Crippen molar-refractivity contribution in [3.05, 3.63) is 0 Å². The van der Waals surface area contributed by atoms with Gasteiger partial charge >= 0.3 is 12.1 Å². The third-order valence-corrected chi connectivity index (χ3v) is 4.92. The van der Waals surface area contributed by atoms with Gasteiger partial charge in [0.15, 0.2) is 8.32 Å². The SMILES string of the molecule is COC(=O)[C@@H]1C[C@@H](C(C)(C)O[Si](C)(C)C)C(=O)N1C(=O)OC(C)(C)C. The number of likely N-dealkylation sites (tertiary alicyclic amines) is 1. The number of esters is 1. The fourth-order valence-corrected chi connectivity index (χ4v) is 4.78. The molecule has 1 aliphatic rings. The predicted octanol–water partition coefficient (Wildman–Crippen LogP) is 2.94. The van der Waals surface area contributed by atoms with Gasteiger partial charge in [-0.3, -0.25) is 4.79 Å². The maximum atomic E-state index is 12.9. The molecule has 25 heavy (non-hydrogen) atoms. The van der Waals surface area contributed by atoms with Gasteiger partial charge < -0.3 is 13.9 Å². The average molecular weight is 374 g/mol. The van der Waals surface area contributed by atoms with Crippen molar-refractivity contribution in [3.8, 4) is 0 Å². The van der Waals surface area contributed by atoms with Crippen LogP contribution >= 0.6 is 0 Å². The number of carbonyl (C=O) groups is 3. The summed E-state index contributed by atoms with van der Waals surface area (Å²) < 4.78 is 16.2. The van der Waals surface area contributed by atoms with E-state index in [0.29, 0.717) is 0 Å². The Kier molecular flexibility index (Phi) is 6.12. The minimum atomic E-state index is -1.94. The van der Waals surface area contributed by atoms with Crippen LogP contribution in [0.4, 0.5) is 4.79 Å². The van der Waals surface area contributed by atoms with Gasteiger partial charge in [-0.2, -0.15) is 0 Å². The summed E-state index contributed by atoms with van der Waals surface area (Å²) in [5, 5.41) is 0. The fourth-order valence-electron chi connectivity index (χ4n) is 3.06. The van der Waals surface area contributed by atoms with Crippen LogP contribution in [0.25, 0.3) is 0 Å². The molecule has 0 saturated carbocycles. The Balaban J connectivity index is 3.17. The quantitative estimate of drug-likeness (QED) is 0.557. The molecular weight excluding hydrogens is 342 g/mol. The maximum absolute atomic E-state index is 12.9. The molecule has 2 atom stereocenters. The first-order valence-electron chi connectivity index (χ1n) is 8.43. The summed E-state index contributed by atoms with van der Waals surface area (Å²) in [4.78, 5) is 38.5. The van der Waals surface area contributed by atoms with Gasteiger partial charge in [0.1, 0.15) is 11.6 Å². The number of amides is 2. The Morgan fingerprint density at radius 2 is 1.64 bits per heavy atom. The Hall–Kier alpha value is -1.41. The zero-order valence-corrected chi connectivity index (χ0v) is 17.8. The first-order chi connectivity index (χ1) is 11.1. The third-order valence-electron chi connectivity index (χ3n) is 3.78. The molecule has 2 amide bonds. The molecule has 1 aliphatic heterocycles. The summed E-state index contributed by atoms with van der Waals surface area (Å²) in [6, 6.07) is -0.998. The van der Waals surface area contributed by atoms with Crippen molar-refractivity contribution >= 4 is 26.3 Å². The lowest BCUT2D eigenvalue weighted by Gasteiger charge is -2.36. The first-order valence-corrected chi connectivity index (χ1v) is 11.8. The van der Waals surface area contributed by atoms with Crippen molar-refractivity contribution < 1.29 is 28.3 Å². The molecule has 0 aliphatic carbocycles. The Labute approximate surface area is 151 Å². The summed E-state index contributed by atoms with van der Waals surface area (Å²) >= 11 is 0. The molecule has 0 radical (unpaired) electrons. The van der Waals surface area contributed by atoms with Crippen molar-refractivity contribution in [1.29, 1.82) is 0 Å². The number of nitrogens with zero attached hydrogens (tertiary/aromatic N) is 1. The molecule has 1 saturated heterocycles. The smallest absolute Gasteiger partial charge is 0.417 e.